The van der Waals surface area contributed by atoms with Gasteiger partial charge in [-0.2, -0.15) is 0 Å². The fourth-order valence-corrected chi connectivity index (χ4v) is 2.04. The average Bonchev–Trinajstić information content (AvgIpc) is 2.23. The van der Waals surface area contributed by atoms with Crippen molar-refractivity contribution in [1.82, 2.24) is 5.32 Å². The highest BCUT2D eigenvalue weighted by molar-refractivity contribution is 6.30. The van der Waals surface area contributed by atoms with Crippen LogP contribution in [-0.2, 0) is 0 Å². The average molecular weight is 214 g/mol. The van der Waals surface area contributed by atoms with Crippen molar-refractivity contribution in [3.63, 3.8) is 0 Å². The SMILES string of the molecule is Fc1cc(C2CCNCC2)ccc1Cl. The molecule has 1 saturated heterocycles. The third kappa shape index (κ3) is 2.07. The Morgan fingerprint density at radius 3 is 2.64 bits per heavy atom. The molecule has 0 amide bonds. The Kier molecular flexibility index (Phi) is 3.04. The van der Waals surface area contributed by atoms with E-state index >= 15 is 0 Å². The van der Waals surface area contributed by atoms with E-state index in [0.717, 1.165) is 31.5 Å². The maximum Gasteiger partial charge on any atom is 0.142 e. The molecule has 0 atom stereocenters. The maximum absolute atomic E-state index is 13.2. The van der Waals surface area contributed by atoms with E-state index < -0.39 is 0 Å². The smallest absolute Gasteiger partial charge is 0.142 e. The van der Waals surface area contributed by atoms with Gasteiger partial charge >= 0.3 is 0 Å². The van der Waals surface area contributed by atoms with Crippen molar-refractivity contribution in [3.05, 3.63) is 34.6 Å². The number of rotatable bonds is 1. The molecule has 0 radical (unpaired) electrons. The molecule has 0 saturated carbocycles. The summed E-state index contributed by atoms with van der Waals surface area (Å²) < 4.78 is 13.2. The second-order valence-corrected chi connectivity index (χ2v) is 4.11. The van der Waals surface area contributed by atoms with Crippen LogP contribution in [0.25, 0.3) is 0 Å². The van der Waals surface area contributed by atoms with Gasteiger partial charge in [-0.1, -0.05) is 17.7 Å². The molecule has 1 aliphatic rings. The van der Waals surface area contributed by atoms with Crippen LogP contribution in [0.1, 0.15) is 24.3 Å². The van der Waals surface area contributed by atoms with Crippen LogP contribution in [0.15, 0.2) is 18.2 Å². The fraction of sp³-hybridized carbons (Fsp3) is 0.455. The Hall–Kier alpha value is -0.600. The monoisotopic (exact) mass is 213 g/mol. The number of piperidine rings is 1. The summed E-state index contributed by atoms with van der Waals surface area (Å²) in [6.45, 7) is 2.05. The Morgan fingerprint density at radius 1 is 1.29 bits per heavy atom. The first kappa shape index (κ1) is 9.94. The van der Waals surface area contributed by atoms with Gasteiger partial charge in [0.05, 0.1) is 5.02 Å². The highest BCUT2D eigenvalue weighted by atomic mass is 35.5. The van der Waals surface area contributed by atoms with Crippen molar-refractivity contribution < 1.29 is 4.39 Å². The molecule has 0 aliphatic carbocycles. The zero-order valence-corrected chi connectivity index (χ0v) is 8.65. The minimum atomic E-state index is -0.303. The van der Waals surface area contributed by atoms with Crippen molar-refractivity contribution in [2.45, 2.75) is 18.8 Å². The molecule has 1 aromatic carbocycles. The van der Waals surface area contributed by atoms with Gasteiger partial charge in [-0.3, -0.25) is 0 Å². The van der Waals surface area contributed by atoms with E-state index in [2.05, 4.69) is 5.32 Å². The topological polar surface area (TPSA) is 12.0 Å². The molecule has 1 nitrogen and oxygen atoms in total. The van der Waals surface area contributed by atoms with E-state index in [1.54, 1.807) is 12.1 Å². The molecule has 1 fully saturated rings. The summed E-state index contributed by atoms with van der Waals surface area (Å²) in [5.41, 5.74) is 1.08. The first-order valence-electron chi connectivity index (χ1n) is 4.93. The quantitative estimate of drug-likeness (QED) is 0.757. The van der Waals surface area contributed by atoms with Crippen LogP contribution in [0.5, 0.6) is 0 Å². The number of benzene rings is 1. The fourth-order valence-electron chi connectivity index (χ4n) is 1.92. The van der Waals surface area contributed by atoms with Crippen LogP contribution in [0, 0.1) is 5.82 Å². The molecule has 0 spiro atoms. The minimum absolute atomic E-state index is 0.211. The highest BCUT2D eigenvalue weighted by Crippen LogP contribution is 2.27. The van der Waals surface area contributed by atoms with E-state index in [4.69, 9.17) is 11.6 Å². The van der Waals surface area contributed by atoms with E-state index in [1.807, 2.05) is 6.07 Å². The van der Waals surface area contributed by atoms with Gasteiger partial charge in [0, 0.05) is 0 Å². The van der Waals surface area contributed by atoms with E-state index in [-0.39, 0.29) is 10.8 Å². The maximum atomic E-state index is 13.2. The minimum Gasteiger partial charge on any atom is -0.317 e. The molecular weight excluding hydrogens is 201 g/mol. The summed E-state index contributed by atoms with van der Waals surface area (Å²) in [6, 6.07) is 5.15. The molecule has 0 bridgehead atoms. The Morgan fingerprint density at radius 2 is 2.00 bits per heavy atom. The molecule has 0 unspecified atom stereocenters. The van der Waals surface area contributed by atoms with Gasteiger partial charge < -0.3 is 5.32 Å². The van der Waals surface area contributed by atoms with Crippen LogP contribution < -0.4 is 5.32 Å². The van der Waals surface area contributed by atoms with Crippen molar-refractivity contribution >= 4 is 11.6 Å². The zero-order valence-electron chi connectivity index (χ0n) is 7.89. The van der Waals surface area contributed by atoms with E-state index in [1.165, 1.54) is 0 Å². The van der Waals surface area contributed by atoms with E-state index in [0.29, 0.717) is 5.92 Å². The normalized spacial score (nSPS) is 18.4. The molecule has 2 rings (SSSR count). The second-order valence-electron chi connectivity index (χ2n) is 3.70. The summed E-state index contributed by atoms with van der Waals surface area (Å²) in [6.07, 6.45) is 2.17. The van der Waals surface area contributed by atoms with E-state index in [9.17, 15) is 4.39 Å². The standard InChI is InChI=1S/C11H13ClFN/c12-10-2-1-9(7-11(10)13)8-3-5-14-6-4-8/h1-2,7-8,14H,3-6H2. The number of hydrogen-bond donors (Lipinski definition) is 1. The third-order valence-corrected chi connectivity index (χ3v) is 3.06. The van der Waals surface area contributed by atoms with Gasteiger partial charge in [0.1, 0.15) is 5.82 Å². The van der Waals surface area contributed by atoms with Gasteiger partial charge in [0.25, 0.3) is 0 Å². The van der Waals surface area contributed by atoms with Crippen LogP contribution in [-0.4, -0.2) is 13.1 Å². The van der Waals surface area contributed by atoms with Crippen LogP contribution >= 0.6 is 11.6 Å². The van der Waals surface area contributed by atoms with Crippen LogP contribution in [0.4, 0.5) is 4.39 Å². The number of halogens is 2. The molecule has 14 heavy (non-hydrogen) atoms. The lowest BCUT2D eigenvalue weighted by molar-refractivity contribution is 0.458. The molecule has 1 aliphatic heterocycles. The molecule has 76 valence electrons. The molecule has 3 heteroatoms. The predicted molar refractivity (Wildman–Crippen MR) is 56.3 cm³/mol. The largest absolute Gasteiger partial charge is 0.317 e. The Bertz CT molecular complexity index is 321. The second kappa shape index (κ2) is 4.28. The Balaban J connectivity index is 2.18. The summed E-state index contributed by atoms with van der Waals surface area (Å²) in [5, 5.41) is 3.50. The molecule has 1 aromatic rings. The molecular formula is C11H13ClFN. The number of nitrogens with one attached hydrogen (secondary N) is 1. The van der Waals surface area contributed by atoms with Crippen molar-refractivity contribution in [2.75, 3.05) is 13.1 Å². The van der Waals surface area contributed by atoms with Crippen molar-refractivity contribution in [2.24, 2.45) is 0 Å². The van der Waals surface area contributed by atoms with Gasteiger partial charge in [-0.05, 0) is 49.5 Å². The van der Waals surface area contributed by atoms with Crippen LogP contribution in [0.3, 0.4) is 0 Å². The van der Waals surface area contributed by atoms with Crippen molar-refractivity contribution in [1.29, 1.82) is 0 Å². The molecule has 1 N–H and O–H groups in total. The van der Waals surface area contributed by atoms with Gasteiger partial charge in [0.2, 0.25) is 0 Å². The molecule has 1 heterocycles. The van der Waals surface area contributed by atoms with Gasteiger partial charge in [-0.25, -0.2) is 4.39 Å². The first-order chi connectivity index (χ1) is 6.77. The predicted octanol–water partition coefficient (Wildman–Crippen LogP) is 2.95. The Labute approximate surface area is 88.3 Å². The summed E-state index contributed by atoms with van der Waals surface area (Å²) in [4.78, 5) is 0. The van der Waals surface area contributed by atoms with Crippen molar-refractivity contribution in [3.8, 4) is 0 Å². The lowest BCUT2D eigenvalue weighted by Gasteiger charge is -2.23. The molecule has 0 aromatic heterocycles. The third-order valence-electron chi connectivity index (χ3n) is 2.75. The lowest BCUT2D eigenvalue weighted by atomic mass is 9.90. The van der Waals surface area contributed by atoms with Gasteiger partial charge in [0.15, 0.2) is 0 Å². The summed E-state index contributed by atoms with van der Waals surface area (Å²) >= 11 is 5.63. The zero-order chi connectivity index (χ0) is 9.97. The lowest BCUT2D eigenvalue weighted by Crippen LogP contribution is -2.26. The number of hydrogen-bond acceptors (Lipinski definition) is 1. The summed E-state index contributed by atoms with van der Waals surface area (Å²) in [5.74, 6) is 0.186. The summed E-state index contributed by atoms with van der Waals surface area (Å²) in [7, 11) is 0. The highest BCUT2D eigenvalue weighted by Gasteiger charge is 2.15. The first-order valence-corrected chi connectivity index (χ1v) is 5.31. The van der Waals surface area contributed by atoms with Crippen LogP contribution in [0.2, 0.25) is 5.02 Å². The van der Waals surface area contributed by atoms with Gasteiger partial charge in [-0.15, -0.1) is 0 Å².